The minimum atomic E-state index is -0.955. The van der Waals surface area contributed by atoms with E-state index in [-0.39, 0.29) is 6.61 Å². The molecule has 1 saturated heterocycles. The number of carboxylic acids is 1. The molecular weight excluding hydrogens is 196 g/mol. The highest BCUT2D eigenvalue weighted by atomic mass is 16.4. The molecule has 1 aliphatic heterocycles. The van der Waals surface area contributed by atoms with Crippen LogP contribution in [0.4, 0.5) is 0 Å². The second kappa shape index (κ2) is 6.05. The highest BCUT2D eigenvalue weighted by Crippen LogP contribution is 2.19. The summed E-state index contributed by atoms with van der Waals surface area (Å²) >= 11 is 0. The van der Waals surface area contributed by atoms with Crippen molar-refractivity contribution in [2.45, 2.75) is 37.8 Å². The van der Waals surface area contributed by atoms with Crippen LogP contribution in [0.25, 0.3) is 0 Å². The summed E-state index contributed by atoms with van der Waals surface area (Å²) in [6.45, 7) is 1.44. The van der Waals surface area contributed by atoms with Crippen LogP contribution in [0.1, 0.15) is 25.7 Å². The van der Waals surface area contributed by atoms with Gasteiger partial charge in [0, 0.05) is 19.2 Å². The minimum absolute atomic E-state index is 0.156. The lowest BCUT2D eigenvalue weighted by molar-refractivity contribution is -0.139. The Kier molecular flexibility index (Phi) is 5.01. The highest BCUT2D eigenvalue weighted by Gasteiger charge is 2.25. The Balaban J connectivity index is 2.45. The third-order valence-corrected chi connectivity index (χ3v) is 2.96. The number of aliphatic hydroxyl groups excluding tert-OH is 1. The van der Waals surface area contributed by atoms with Gasteiger partial charge in [0.2, 0.25) is 0 Å². The first-order chi connectivity index (χ1) is 7.15. The number of piperidine rings is 1. The lowest BCUT2D eigenvalue weighted by atomic mass is 9.99. The van der Waals surface area contributed by atoms with E-state index in [0.717, 1.165) is 25.8 Å². The number of aliphatic carboxylic acids is 1. The number of rotatable bonds is 5. The van der Waals surface area contributed by atoms with Crippen LogP contribution in [0.15, 0.2) is 0 Å². The van der Waals surface area contributed by atoms with Gasteiger partial charge in [-0.2, -0.15) is 0 Å². The molecule has 0 aromatic carbocycles. The molecule has 0 bridgehead atoms. The summed E-state index contributed by atoms with van der Waals surface area (Å²) in [5.41, 5.74) is 5.50. The van der Waals surface area contributed by atoms with Crippen molar-refractivity contribution in [3.63, 3.8) is 0 Å². The summed E-state index contributed by atoms with van der Waals surface area (Å²) in [5, 5.41) is 17.6. The number of nitrogens with two attached hydrogens (primary N) is 1. The average molecular weight is 216 g/mol. The van der Waals surface area contributed by atoms with Gasteiger partial charge in [0.25, 0.3) is 0 Å². The van der Waals surface area contributed by atoms with E-state index < -0.39 is 12.0 Å². The third kappa shape index (κ3) is 3.77. The largest absolute Gasteiger partial charge is 0.480 e. The van der Waals surface area contributed by atoms with Gasteiger partial charge in [-0.15, -0.1) is 0 Å². The summed E-state index contributed by atoms with van der Waals surface area (Å²) in [6.07, 6.45) is 4.00. The van der Waals surface area contributed by atoms with Crippen LogP contribution in [0.3, 0.4) is 0 Å². The number of aliphatic hydroxyl groups is 1. The van der Waals surface area contributed by atoms with Gasteiger partial charge in [0.05, 0.1) is 0 Å². The van der Waals surface area contributed by atoms with Crippen molar-refractivity contribution in [3.05, 3.63) is 0 Å². The van der Waals surface area contributed by atoms with Crippen LogP contribution in [-0.2, 0) is 4.79 Å². The van der Waals surface area contributed by atoms with Crippen molar-refractivity contribution in [1.82, 2.24) is 4.90 Å². The second-order valence-corrected chi connectivity index (χ2v) is 4.10. The Bertz CT molecular complexity index is 209. The third-order valence-electron chi connectivity index (χ3n) is 2.96. The number of hydrogen-bond acceptors (Lipinski definition) is 4. The zero-order valence-corrected chi connectivity index (χ0v) is 8.93. The Morgan fingerprint density at radius 2 is 2.27 bits per heavy atom. The van der Waals surface area contributed by atoms with E-state index in [1.165, 1.54) is 0 Å². The van der Waals surface area contributed by atoms with Crippen LogP contribution < -0.4 is 5.73 Å². The molecular formula is C10H20N2O3. The molecule has 1 fully saturated rings. The van der Waals surface area contributed by atoms with Crippen LogP contribution in [0.5, 0.6) is 0 Å². The van der Waals surface area contributed by atoms with Gasteiger partial charge in [-0.05, 0) is 25.8 Å². The molecule has 2 atom stereocenters. The van der Waals surface area contributed by atoms with Gasteiger partial charge in [-0.25, -0.2) is 0 Å². The summed E-state index contributed by atoms with van der Waals surface area (Å²) in [7, 11) is 0. The molecule has 0 aromatic rings. The fourth-order valence-electron chi connectivity index (χ4n) is 2.11. The molecule has 0 radical (unpaired) electrons. The molecule has 1 aliphatic rings. The maximum atomic E-state index is 10.6. The maximum Gasteiger partial charge on any atom is 0.321 e. The Morgan fingerprint density at radius 3 is 2.87 bits per heavy atom. The SMILES string of the molecule is NC(CN1CCCCC1CCO)C(=O)O. The second-order valence-electron chi connectivity index (χ2n) is 4.10. The van der Waals surface area contributed by atoms with Crippen LogP contribution in [-0.4, -0.2) is 52.9 Å². The van der Waals surface area contributed by atoms with E-state index in [4.69, 9.17) is 15.9 Å². The monoisotopic (exact) mass is 216 g/mol. The lowest BCUT2D eigenvalue weighted by Gasteiger charge is -2.36. The standard InChI is InChI=1S/C10H20N2O3/c11-9(10(14)15)7-12-5-2-1-3-8(12)4-6-13/h8-9,13H,1-7,11H2,(H,14,15). The number of likely N-dealkylation sites (tertiary alicyclic amines) is 1. The molecule has 5 heteroatoms. The van der Waals surface area contributed by atoms with E-state index in [1.807, 2.05) is 0 Å². The Morgan fingerprint density at radius 1 is 1.53 bits per heavy atom. The van der Waals surface area contributed by atoms with Gasteiger partial charge in [0.15, 0.2) is 0 Å². The van der Waals surface area contributed by atoms with Gasteiger partial charge in [0.1, 0.15) is 6.04 Å². The zero-order valence-electron chi connectivity index (χ0n) is 8.93. The molecule has 0 amide bonds. The fraction of sp³-hybridized carbons (Fsp3) is 0.900. The maximum absolute atomic E-state index is 10.6. The number of carbonyl (C=O) groups is 1. The van der Waals surface area contributed by atoms with E-state index in [2.05, 4.69) is 4.90 Å². The molecule has 5 nitrogen and oxygen atoms in total. The first-order valence-corrected chi connectivity index (χ1v) is 5.48. The quantitative estimate of drug-likeness (QED) is 0.584. The normalized spacial score (nSPS) is 25.1. The Labute approximate surface area is 89.9 Å². The summed E-state index contributed by atoms with van der Waals surface area (Å²) < 4.78 is 0. The molecule has 2 unspecified atom stereocenters. The molecule has 0 spiro atoms. The average Bonchev–Trinajstić information content (AvgIpc) is 2.21. The molecule has 0 aliphatic carbocycles. The van der Waals surface area contributed by atoms with Crippen molar-refractivity contribution in [3.8, 4) is 0 Å². The van der Waals surface area contributed by atoms with Crippen LogP contribution in [0.2, 0.25) is 0 Å². The van der Waals surface area contributed by atoms with E-state index >= 15 is 0 Å². The predicted molar refractivity (Wildman–Crippen MR) is 56.5 cm³/mol. The first-order valence-electron chi connectivity index (χ1n) is 5.48. The summed E-state index contributed by atoms with van der Waals surface area (Å²) in [6, 6.07) is -0.515. The summed E-state index contributed by atoms with van der Waals surface area (Å²) in [4.78, 5) is 12.7. The fourth-order valence-corrected chi connectivity index (χ4v) is 2.11. The van der Waals surface area contributed by atoms with E-state index in [9.17, 15) is 4.79 Å². The molecule has 0 saturated carbocycles. The van der Waals surface area contributed by atoms with Gasteiger partial charge >= 0.3 is 5.97 Å². The zero-order chi connectivity index (χ0) is 11.3. The molecule has 1 heterocycles. The van der Waals surface area contributed by atoms with Crippen LogP contribution >= 0.6 is 0 Å². The van der Waals surface area contributed by atoms with Crippen molar-refractivity contribution in [2.24, 2.45) is 5.73 Å². The van der Waals surface area contributed by atoms with Gasteiger partial charge in [-0.3, -0.25) is 9.69 Å². The van der Waals surface area contributed by atoms with Crippen molar-refractivity contribution in [1.29, 1.82) is 0 Å². The lowest BCUT2D eigenvalue weighted by Crippen LogP contribution is -2.49. The molecule has 15 heavy (non-hydrogen) atoms. The van der Waals surface area contributed by atoms with Gasteiger partial charge < -0.3 is 15.9 Å². The van der Waals surface area contributed by atoms with E-state index in [0.29, 0.717) is 19.0 Å². The molecule has 88 valence electrons. The predicted octanol–water partition coefficient (Wildman–Crippen LogP) is -0.365. The van der Waals surface area contributed by atoms with Crippen molar-refractivity contribution in [2.75, 3.05) is 19.7 Å². The first kappa shape index (κ1) is 12.4. The molecule has 4 N–H and O–H groups in total. The number of nitrogens with zero attached hydrogens (tertiary/aromatic N) is 1. The van der Waals surface area contributed by atoms with E-state index in [1.54, 1.807) is 0 Å². The van der Waals surface area contributed by atoms with Gasteiger partial charge in [-0.1, -0.05) is 6.42 Å². The highest BCUT2D eigenvalue weighted by molar-refractivity contribution is 5.73. The van der Waals surface area contributed by atoms with Crippen molar-refractivity contribution >= 4 is 5.97 Å². The Hall–Kier alpha value is -0.650. The van der Waals surface area contributed by atoms with Crippen LogP contribution in [0, 0.1) is 0 Å². The topological polar surface area (TPSA) is 86.8 Å². The minimum Gasteiger partial charge on any atom is -0.480 e. The molecule has 1 rings (SSSR count). The number of hydrogen-bond donors (Lipinski definition) is 3. The number of carboxylic acid groups (broad SMARTS) is 1. The smallest absolute Gasteiger partial charge is 0.321 e. The van der Waals surface area contributed by atoms with Crippen molar-refractivity contribution < 1.29 is 15.0 Å². The molecule has 0 aromatic heterocycles. The summed E-state index contributed by atoms with van der Waals surface area (Å²) in [5.74, 6) is -0.955.